The summed E-state index contributed by atoms with van der Waals surface area (Å²) in [6, 6.07) is 7.53. The van der Waals surface area contributed by atoms with Gasteiger partial charge in [0.1, 0.15) is 6.10 Å². The quantitative estimate of drug-likeness (QED) is 0.772. The first kappa shape index (κ1) is 10.8. The summed E-state index contributed by atoms with van der Waals surface area (Å²) < 4.78 is 1.74. The van der Waals surface area contributed by atoms with Crippen LogP contribution in [0.25, 0.3) is 5.52 Å². The van der Waals surface area contributed by atoms with E-state index in [4.69, 9.17) is 11.6 Å². The minimum absolute atomic E-state index is 0.595. The normalized spacial score (nSPS) is 13.1. The smallest absolute Gasteiger partial charge is 0.118 e. The summed E-state index contributed by atoms with van der Waals surface area (Å²) in [7, 11) is 0. The molecule has 0 aliphatic carbocycles. The highest BCUT2D eigenvalue weighted by atomic mass is 35.5. The number of halogens is 1. The zero-order valence-corrected chi connectivity index (χ0v) is 10.3. The van der Waals surface area contributed by atoms with Crippen LogP contribution in [0, 0.1) is 0 Å². The van der Waals surface area contributed by atoms with Gasteiger partial charge in [0.15, 0.2) is 0 Å². The summed E-state index contributed by atoms with van der Waals surface area (Å²) >= 11 is 7.47. The predicted molar refractivity (Wildman–Crippen MR) is 68.6 cm³/mol. The predicted octanol–water partition coefficient (Wildman–Crippen LogP) is 3.13. The molecule has 0 radical (unpaired) electrons. The topological polar surface area (TPSA) is 37.5 Å². The monoisotopic (exact) mass is 264 g/mol. The summed E-state index contributed by atoms with van der Waals surface area (Å²) in [5.41, 5.74) is 1.67. The van der Waals surface area contributed by atoms with Gasteiger partial charge in [-0.3, -0.25) is 0 Å². The number of aromatic nitrogens is 2. The second-order valence-electron chi connectivity index (χ2n) is 3.67. The Balaban J connectivity index is 2.13. The Bertz CT molecular complexity index is 661. The van der Waals surface area contributed by atoms with Gasteiger partial charge in [-0.05, 0) is 23.6 Å². The highest BCUT2D eigenvalue weighted by Crippen LogP contribution is 2.34. The Morgan fingerprint density at radius 2 is 2.24 bits per heavy atom. The molecular weight excluding hydrogens is 256 g/mol. The fourth-order valence-electron chi connectivity index (χ4n) is 1.81. The van der Waals surface area contributed by atoms with Gasteiger partial charge >= 0.3 is 0 Å². The zero-order valence-electron chi connectivity index (χ0n) is 8.75. The van der Waals surface area contributed by atoms with Gasteiger partial charge in [-0.2, -0.15) is 5.10 Å². The lowest BCUT2D eigenvalue weighted by molar-refractivity contribution is 0.226. The number of aliphatic hydroxyl groups is 1. The number of rotatable bonds is 2. The van der Waals surface area contributed by atoms with Crippen LogP contribution in [-0.4, -0.2) is 14.7 Å². The standard InChI is InChI=1S/C12H9ClN2OS/c13-9-4-6-17-12(9)11(16)8-7-14-15-5-2-1-3-10(8)15/h1-7,11,16H. The maximum absolute atomic E-state index is 10.3. The summed E-state index contributed by atoms with van der Waals surface area (Å²) in [4.78, 5) is 0.755. The second-order valence-corrected chi connectivity index (χ2v) is 5.02. The fraction of sp³-hybridized carbons (Fsp3) is 0.0833. The first-order chi connectivity index (χ1) is 8.27. The van der Waals surface area contributed by atoms with Crippen LogP contribution in [0.5, 0.6) is 0 Å². The van der Waals surface area contributed by atoms with Crippen molar-refractivity contribution < 1.29 is 5.11 Å². The minimum Gasteiger partial charge on any atom is -0.383 e. The minimum atomic E-state index is -0.720. The number of nitrogens with zero attached hydrogens (tertiary/aromatic N) is 2. The Morgan fingerprint density at radius 1 is 1.35 bits per heavy atom. The van der Waals surface area contributed by atoms with Crippen LogP contribution in [0.2, 0.25) is 5.02 Å². The van der Waals surface area contributed by atoms with Crippen molar-refractivity contribution in [1.29, 1.82) is 0 Å². The molecular formula is C12H9ClN2OS. The number of hydrogen-bond donors (Lipinski definition) is 1. The molecule has 0 aliphatic rings. The third-order valence-corrected chi connectivity index (χ3v) is 4.05. The van der Waals surface area contributed by atoms with Gasteiger partial charge in [0, 0.05) is 11.8 Å². The van der Waals surface area contributed by atoms with E-state index in [0.29, 0.717) is 5.02 Å². The van der Waals surface area contributed by atoms with E-state index in [-0.39, 0.29) is 0 Å². The highest BCUT2D eigenvalue weighted by Gasteiger charge is 2.19. The van der Waals surface area contributed by atoms with E-state index in [2.05, 4.69) is 5.10 Å². The molecule has 0 aromatic carbocycles. The molecule has 0 saturated carbocycles. The average molecular weight is 265 g/mol. The molecule has 0 aliphatic heterocycles. The van der Waals surface area contributed by atoms with Gasteiger partial charge in [0.25, 0.3) is 0 Å². The number of hydrogen-bond acceptors (Lipinski definition) is 3. The van der Waals surface area contributed by atoms with Crippen LogP contribution in [-0.2, 0) is 0 Å². The van der Waals surface area contributed by atoms with Crippen LogP contribution in [0.4, 0.5) is 0 Å². The number of pyridine rings is 1. The highest BCUT2D eigenvalue weighted by molar-refractivity contribution is 7.10. The average Bonchev–Trinajstić information content (AvgIpc) is 2.94. The lowest BCUT2D eigenvalue weighted by atomic mass is 10.1. The Hall–Kier alpha value is -1.36. The molecule has 3 nitrogen and oxygen atoms in total. The molecule has 3 aromatic heterocycles. The van der Waals surface area contributed by atoms with Crippen molar-refractivity contribution in [3.8, 4) is 0 Å². The van der Waals surface area contributed by atoms with E-state index in [1.54, 1.807) is 16.8 Å². The molecule has 0 fully saturated rings. The van der Waals surface area contributed by atoms with E-state index >= 15 is 0 Å². The molecule has 0 spiro atoms. The van der Waals surface area contributed by atoms with Crippen molar-refractivity contribution in [2.24, 2.45) is 0 Å². The molecule has 3 aromatic rings. The molecule has 0 bridgehead atoms. The van der Waals surface area contributed by atoms with Crippen LogP contribution in [0.1, 0.15) is 16.5 Å². The summed E-state index contributed by atoms with van der Waals surface area (Å²) in [6.45, 7) is 0. The molecule has 3 rings (SSSR count). The largest absolute Gasteiger partial charge is 0.383 e. The molecule has 0 saturated heterocycles. The van der Waals surface area contributed by atoms with Gasteiger partial charge in [0.2, 0.25) is 0 Å². The lowest BCUT2D eigenvalue weighted by Crippen LogP contribution is -1.97. The van der Waals surface area contributed by atoms with Gasteiger partial charge in [0.05, 0.1) is 21.6 Å². The third-order valence-electron chi connectivity index (χ3n) is 2.64. The lowest BCUT2D eigenvalue weighted by Gasteiger charge is -2.07. The van der Waals surface area contributed by atoms with Gasteiger partial charge < -0.3 is 5.11 Å². The van der Waals surface area contributed by atoms with E-state index in [1.165, 1.54) is 11.3 Å². The molecule has 1 N–H and O–H groups in total. The maximum Gasteiger partial charge on any atom is 0.118 e. The number of fused-ring (bicyclic) bond motifs is 1. The Morgan fingerprint density at radius 3 is 3.00 bits per heavy atom. The third kappa shape index (κ3) is 1.74. The van der Waals surface area contributed by atoms with Gasteiger partial charge in [-0.1, -0.05) is 17.7 Å². The first-order valence-corrected chi connectivity index (χ1v) is 6.36. The van der Waals surface area contributed by atoms with Crippen LogP contribution in [0.3, 0.4) is 0 Å². The van der Waals surface area contributed by atoms with Crippen molar-refractivity contribution in [2.45, 2.75) is 6.10 Å². The Labute approximate surface area is 107 Å². The SMILES string of the molecule is OC(c1sccc1Cl)c1cnn2ccccc12. The Kier molecular flexibility index (Phi) is 2.63. The molecule has 86 valence electrons. The molecule has 1 unspecified atom stereocenters. The van der Waals surface area contributed by atoms with E-state index < -0.39 is 6.10 Å². The molecule has 1 atom stereocenters. The van der Waals surface area contributed by atoms with Gasteiger partial charge in [-0.25, -0.2) is 4.52 Å². The molecule has 0 amide bonds. The van der Waals surface area contributed by atoms with Crippen molar-refractivity contribution in [2.75, 3.05) is 0 Å². The number of thiophene rings is 1. The van der Waals surface area contributed by atoms with E-state index in [1.807, 2.05) is 29.8 Å². The van der Waals surface area contributed by atoms with Crippen LogP contribution >= 0.6 is 22.9 Å². The maximum atomic E-state index is 10.3. The van der Waals surface area contributed by atoms with Crippen molar-refractivity contribution in [1.82, 2.24) is 9.61 Å². The molecule has 5 heteroatoms. The zero-order chi connectivity index (χ0) is 11.8. The van der Waals surface area contributed by atoms with Crippen molar-refractivity contribution in [3.05, 3.63) is 57.5 Å². The van der Waals surface area contributed by atoms with E-state index in [9.17, 15) is 5.11 Å². The fourth-order valence-corrected chi connectivity index (χ4v) is 2.97. The van der Waals surface area contributed by atoms with E-state index in [0.717, 1.165) is 16.0 Å². The summed E-state index contributed by atoms with van der Waals surface area (Å²) in [6.07, 6.45) is 2.81. The molecule has 17 heavy (non-hydrogen) atoms. The van der Waals surface area contributed by atoms with Crippen molar-refractivity contribution >= 4 is 28.5 Å². The number of aliphatic hydroxyl groups excluding tert-OH is 1. The van der Waals surface area contributed by atoms with Crippen LogP contribution < -0.4 is 0 Å². The second kappa shape index (κ2) is 4.14. The summed E-state index contributed by atoms with van der Waals surface area (Å²) in [5.74, 6) is 0. The van der Waals surface area contributed by atoms with Gasteiger partial charge in [-0.15, -0.1) is 11.3 Å². The first-order valence-electron chi connectivity index (χ1n) is 5.10. The van der Waals surface area contributed by atoms with Crippen LogP contribution in [0.15, 0.2) is 42.0 Å². The summed E-state index contributed by atoms with van der Waals surface area (Å²) in [5, 5.41) is 17.0. The van der Waals surface area contributed by atoms with Crippen molar-refractivity contribution in [3.63, 3.8) is 0 Å². The molecule has 3 heterocycles.